The van der Waals surface area contributed by atoms with Gasteiger partial charge < -0.3 is 24.3 Å². The lowest BCUT2D eigenvalue weighted by Crippen LogP contribution is -2.63. The Morgan fingerprint density at radius 1 is 0.844 bits per heavy atom. The maximum absolute atomic E-state index is 12.6. The normalized spacial score (nSPS) is 24.9. The minimum Gasteiger partial charge on any atom is -0.465 e. The first kappa shape index (κ1) is 27.7. The van der Waals surface area contributed by atoms with Crippen LogP contribution in [0.15, 0.2) is 0 Å². The Balaban J connectivity index is 3.22. The van der Waals surface area contributed by atoms with Gasteiger partial charge in [-0.3, -0.25) is 24.0 Å². The van der Waals surface area contributed by atoms with E-state index >= 15 is 0 Å². The highest BCUT2D eigenvalue weighted by atomic mass is 32.2. The molecule has 0 aromatic rings. The van der Waals surface area contributed by atoms with E-state index in [0.29, 0.717) is 12.3 Å². The van der Waals surface area contributed by atoms with Crippen LogP contribution in [0.25, 0.3) is 0 Å². The Morgan fingerprint density at radius 2 is 1.41 bits per heavy atom. The average molecular weight is 476 g/mol. The van der Waals surface area contributed by atoms with Gasteiger partial charge in [-0.2, -0.15) is 0 Å². The molecule has 5 atom stereocenters. The number of hydrogen-bond acceptors (Lipinski definition) is 10. The summed E-state index contributed by atoms with van der Waals surface area (Å²) in [5.41, 5.74) is -0.960. The number of nitrogens with one attached hydrogen (secondary N) is 1. The van der Waals surface area contributed by atoms with E-state index in [2.05, 4.69) is 19.2 Å². The van der Waals surface area contributed by atoms with E-state index < -0.39 is 52.8 Å². The highest BCUT2D eigenvalue weighted by Crippen LogP contribution is 2.37. The van der Waals surface area contributed by atoms with Crippen LogP contribution in [0, 0.1) is 5.92 Å². The van der Waals surface area contributed by atoms with Gasteiger partial charge in [0.2, 0.25) is 5.91 Å². The van der Waals surface area contributed by atoms with Crippen LogP contribution in [-0.2, 0) is 42.9 Å². The second-order valence-corrected chi connectivity index (χ2v) is 9.32. The highest BCUT2D eigenvalue weighted by Gasteiger charge is 2.51. The molecule has 10 nitrogen and oxygen atoms in total. The molecule has 1 fully saturated rings. The molecule has 1 heterocycles. The van der Waals surface area contributed by atoms with Gasteiger partial charge >= 0.3 is 23.9 Å². The maximum Gasteiger partial charge on any atom is 0.303 e. The van der Waals surface area contributed by atoms with E-state index in [4.69, 9.17) is 18.9 Å². The summed E-state index contributed by atoms with van der Waals surface area (Å²) < 4.78 is 21.3. The summed E-state index contributed by atoms with van der Waals surface area (Å²) in [6.07, 6.45) is -0.463. The van der Waals surface area contributed by atoms with Gasteiger partial charge in [0.25, 0.3) is 0 Å². The van der Waals surface area contributed by atoms with Crippen molar-refractivity contribution in [2.75, 3.05) is 6.61 Å². The summed E-state index contributed by atoms with van der Waals surface area (Å²) in [5.74, 6) is -2.36. The lowest BCUT2D eigenvalue weighted by atomic mass is 10.0. The molecule has 5 unspecified atom stereocenters. The second kappa shape index (κ2) is 13.3. The summed E-state index contributed by atoms with van der Waals surface area (Å²) >= 11 is 1.06. The molecule has 0 saturated carbocycles. The van der Waals surface area contributed by atoms with Crippen molar-refractivity contribution in [2.24, 2.45) is 5.92 Å². The molecule has 0 radical (unpaired) electrons. The molecular weight excluding hydrogens is 442 g/mol. The molecule has 1 aliphatic rings. The molecule has 1 aliphatic heterocycles. The number of amides is 1. The van der Waals surface area contributed by atoms with E-state index in [0.717, 1.165) is 18.2 Å². The quantitative estimate of drug-likeness (QED) is 0.368. The van der Waals surface area contributed by atoms with Crippen molar-refractivity contribution in [3.63, 3.8) is 0 Å². The van der Waals surface area contributed by atoms with Gasteiger partial charge in [-0.15, -0.1) is 11.8 Å². The van der Waals surface area contributed by atoms with Crippen LogP contribution in [0.4, 0.5) is 0 Å². The van der Waals surface area contributed by atoms with Crippen LogP contribution in [0.1, 0.15) is 60.8 Å². The molecule has 0 aromatic carbocycles. The van der Waals surface area contributed by atoms with Crippen molar-refractivity contribution in [2.45, 2.75) is 89.7 Å². The third kappa shape index (κ3) is 9.88. The third-order valence-electron chi connectivity index (χ3n) is 4.50. The molecule has 11 heteroatoms. The number of ether oxygens (including phenoxy) is 4. The summed E-state index contributed by atoms with van der Waals surface area (Å²) in [6, 6.07) is -0.975. The standard InChI is InChI=1S/C21H33NO9S/c1-11(2)8-7-9-17(27)22-18-20(30-14(5)25)19(29-13(4)24)16(10-28-12(3)23)32-21(18)31-15(6)26/h11,16,18-21H,7-10H2,1-6H3,(H,22,27). The Morgan fingerprint density at radius 3 is 1.91 bits per heavy atom. The third-order valence-corrected chi connectivity index (χ3v) is 5.91. The van der Waals surface area contributed by atoms with Gasteiger partial charge in [-0.25, -0.2) is 0 Å². The fourth-order valence-electron chi connectivity index (χ4n) is 3.25. The molecule has 0 aliphatic carbocycles. The molecule has 0 spiro atoms. The maximum atomic E-state index is 12.6. The number of rotatable bonds is 10. The van der Waals surface area contributed by atoms with Gasteiger partial charge in [0, 0.05) is 34.1 Å². The second-order valence-electron chi connectivity index (χ2n) is 7.98. The van der Waals surface area contributed by atoms with E-state index in [1.54, 1.807) is 0 Å². The van der Waals surface area contributed by atoms with Gasteiger partial charge in [-0.05, 0) is 12.3 Å². The van der Waals surface area contributed by atoms with Crippen molar-refractivity contribution in [1.82, 2.24) is 5.32 Å². The molecule has 0 aromatic heterocycles. The Labute approximate surface area is 192 Å². The van der Waals surface area contributed by atoms with Crippen molar-refractivity contribution in [1.29, 1.82) is 0 Å². The van der Waals surface area contributed by atoms with Gasteiger partial charge in [0.05, 0.1) is 5.25 Å². The lowest BCUT2D eigenvalue weighted by molar-refractivity contribution is -0.175. The predicted molar refractivity (Wildman–Crippen MR) is 115 cm³/mol. The first-order valence-electron chi connectivity index (χ1n) is 10.5. The fraction of sp³-hybridized carbons (Fsp3) is 0.762. The minimum absolute atomic E-state index is 0.178. The lowest BCUT2D eigenvalue weighted by Gasteiger charge is -2.44. The number of esters is 4. The van der Waals surface area contributed by atoms with Crippen LogP contribution < -0.4 is 5.32 Å². The monoisotopic (exact) mass is 475 g/mol. The van der Waals surface area contributed by atoms with Crippen LogP contribution >= 0.6 is 11.8 Å². The first-order valence-corrected chi connectivity index (χ1v) is 11.4. The fourth-order valence-corrected chi connectivity index (χ4v) is 4.69. The Kier molecular flexibility index (Phi) is 11.5. The van der Waals surface area contributed by atoms with Crippen molar-refractivity contribution in [3.8, 4) is 0 Å². The molecule has 32 heavy (non-hydrogen) atoms. The van der Waals surface area contributed by atoms with Crippen molar-refractivity contribution < 1.29 is 42.9 Å². The Bertz CT molecular complexity index is 697. The zero-order chi connectivity index (χ0) is 24.4. The summed E-state index contributed by atoms with van der Waals surface area (Å²) in [4.78, 5) is 59.3. The van der Waals surface area contributed by atoms with E-state index in [1.165, 1.54) is 27.7 Å². The van der Waals surface area contributed by atoms with Crippen LogP contribution in [0.2, 0.25) is 0 Å². The van der Waals surface area contributed by atoms with Crippen molar-refractivity contribution >= 4 is 41.5 Å². The molecule has 182 valence electrons. The molecular formula is C21H33NO9S. The van der Waals surface area contributed by atoms with E-state index in [9.17, 15) is 24.0 Å². The first-order chi connectivity index (χ1) is 14.9. The zero-order valence-corrected chi connectivity index (χ0v) is 20.2. The van der Waals surface area contributed by atoms with Gasteiger partial charge in [0.1, 0.15) is 12.6 Å². The number of thioether (sulfide) groups is 1. The van der Waals surface area contributed by atoms with Crippen LogP contribution in [0.3, 0.4) is 0 Å². The average Bonchev–Trinajstić information content (AvgIpc) is 2.63. The summed E-state index contributed by atoms with van der Waals surface area (Å²) in [5, 5.41) is 2.08. The van der Waals surface area contributed by atoms with Gasteiger partial charge in [-0.1, -0.05) is 20.3 Å². The number of carbonyl (C=O) groups is 5. The number of carbonyl (C=O) groups excluding carboxylic acids is 5. The molecule has 1 N–H and O–H groups in total. The summed E-state index contributed by atoms with van der Waals surface area (Å²) in [6.45, 7) is 8.73. The Hall–Kier alpha value is -2.30. The molecule has 1 saturated heterocycles. The van der Waals surface area contributed by atoms with E-state index in [-0.39, 0.29) is 18.9 Å². The molecule has 1 rings (SSSR count). The van der Waals surface area contributed by atoms with Gasteiger partial charge in [0.15, 0.2) is 17.6 Å². The number of hydrogen-bond donors (Lipinski definition) is 1. The van der Waals surface area contributed by atoms with Crippen LogP contribution in [0.5, 0.6) is 0 Å². The van der Waals surface area contributed by atoms with Crippen molar-refractivity contribution in [3.05, 3.63) is 0 Å². The SMILES string of the molecule is CC(=O)OCC1SC(OC(C)=O)C(NC(=O)CCCC(C)C)C(OC(C)=O)C1OC(C)=O. The topological polar surface area (TPSA) is 134 Å². The predicted octanol–water partition coefficient (Wildman–Crippen LogP) is 1.73. The minimum atomic E-state index is -1.16. The molecule has 1 amide bonds. The summed E-state index contributed by atoms with van der Waals surface area (Å²) in [7, 11) is 0. The largest absolute Gasteiger partial charge is 0.465 e. The zero-order valence-electron chi connectivity index (χ0n) is 19.4. The van der Waals surface area contributed by atoms with E-state index in [1.807, 2.05) is 0 Å². The van der Waals surface area contributed by atoms with Crippen LogP contribution in [-0.4, -0.2) is 65.3 Å². The highest BCUT2D eigenvalue weighted by molar-refractivity contribution is 8.00. The smallest absolute Gasteiger partial charge is 0.303 e. The molecule has 0 bridgehead atoms.